The summed E-state index contributed by atoms with van der Waals surface area (Å²) in [4.78, 5) is 0. The maximum Gasteiger partial charge on any atom is 0.255 e. The Labute approximate surface area is 53.0 Å². The minimum Gasteiger partial charge on any atom is -0.453 e. The van der Waals surface area contributed by atoms with Crippen LogP contribution in [0.5, 0.6) is 0 Å². The molecule has 8 heavy (non-hydrogen) atoms. The maximum absolute atomic E-state index is 8.09. The molecule has 0 aliphatic heterocycles. The molecule has 0 amide bonds. The van der Waals surface area contributed by atoms with Crippen LogP contribution in [0.25, 0.3) is 0 Å². The molecule has 0 fully saturated rings. The van der Waals surface area contributed by atoms with E-state index in [9.17, 15) is 0 Å². The molecule has 0 radical (unpaired) electrons. The topological polar surface area (TPSA) is 59.0 Å². The lowest BCUT2D eigenvalue weighted by Crippen LogP contribution is -2.18. The first-order valence-electron chi connectivity index (χ1n) is 2.02. The summed E-state index contributed by atoms with van der Waals surface area (Å²) < 4.78 is 4.55. The van der Waals surface area contributed by atoms with Crippen molar-refractivity contribution < 1.29 is 4.74 Å². The Bertz CT molecular complexity index is 128. The Hall–Kier alpha value is -0.820. The van der Waals surface area contributed by atoms with E-state index in [-0.39, 0.29) is 5.17 Å². The molecule has 0 aliphatic carbocycles. The minimum absolute atomic E-state index is 0.0842. The fourth-order valence-electron chi connectivity index (χ4n) is 0.201. The van der Waals surface area contributed by atoms with Crippen LogP contribution in [0.3, 0.4) is 0 Å². The van der Waals surface area contributed by atoms with Gasteiger partial charge in [0.15, 0.2) is 6.10 Å². The van der Waals surface area contributed by atoms with Crippen molar-refractivity contribution in [1.82, 2.24) is 0 Å². The third-order valence-corrected chi connectivity index (χ3v) is 0.571. The van der Waals surface area contributed by atoms with Gasteiger partial charge in [-0.3, -0.25) is 0 Å². The third-order valence-electron chi connectivity index (χ3n) is 0.475. The first kappa shape index (κ1) is 7.18. The molecule has 0 heterocycles. The molecule has 44 valence electrons. The zero-order chi connectivity index (χ0) is 6.57. The summed E-state index contributed by atoms with van der Waals surface area (Å²) in [7, 11) is 0. The highest BCUT2D eigenvalue weighted by molar-refractivity contribution is 7.80. The Morgan fingerprint density at radius 2 is 2.50 bits per heavy atom. The molecule has 0 spiro atoms. The van der Waals surface area contributed by atoms with Gasteiger partial charge < -0.3 is 10.5 Å². The normalized spacial score (nSPS) is 11.5. The van der Waals surface area contributed by atoms with Crippen LogP contribution in [0.1, 0.15) is 6.92 Å². The highest BCUT2D eigenvalue weighted by Crippen LogP contribution is 1.85. The van der Waals surface area contributed by atoms with Crippen LogP contribution >= 0.6 is 12.2 Å². The largest absolute Gasteiger partial charge is 0.453 e. The van der Waals surface area contributed by atoms with E-state index in [2.05, 4.69) is 17.0 Å². The van der Waals surface area contributed by atoms with Gasteiger partial charge in [-0.2, -0.15) is 5.26 Å². The van der Waals surface area contributed by atoms with Crippen LogP contribution < -0.4 is 5.73 Å². The lowest BCUT2D eigenvalue weighted by Gasteiger charge is -2.01. The number of nitriles is 1. The van der Waals surface area contributed by atoms with E-state index in [1.54, 1.807) is 13.0 Å². The lowest BCUT2D eigenvalue weighted by atomic mass is 10.5. The predicted molar refractivity (Wildman–Crippen MR) is 32.9 cm³/mol. The van der Waals surface area contributed by atoms with Gasteiger partial charge in [0.2, 0.25) is 0 Å². The Morgan fingerprint density at radius 3 is 2.62 bits per heavy atom. The summed E-state index contributed by atoms with van der Waals surface area (Å²) in [6, 6.07) is 1.81. The fraction of sp³-hybridized carbons (Fsp3) is 0.500. The van der Waals surface area contributed by atoms with E-state index in [4.69, 9.17) is 11.0 Å². The van der Waals surface area contributed by atoms with Gasteiger partial charge >= 0.3 is 0 Å². The second kappa shape index (κ2) is 3.22. The maximum atomic E-state index is 8.09. The third kappa shape index (κ3) is 3.37. The van der Waals surface area contributed by atoms with Crippen molar-refractivity contribution in [2.24, 2.45) is 5.73 Å². The van der Waals surface area contributed by atoms with Crippen LogP contribution in [0, 0.1) is 11.3 Å². The van der Waals surface area contributed by atoms with E-state index >= 15 is 0 Å². The number of rotatable bonds is 1. The molecule has 0 bridgehead atoms. The molecule has 1 atom stereocenters. The molecule has 0 aromatic heterocycles. The van der Waals surface area contributed by atoms with Gasteiger partial charge in [-0.1, -0.05) is 0 Å². The highest BCUT2D eigenvalue weighted by atomic mass is 32.1. The average molecular weight is 130 g/mol. The first-order valence-corrected chi connectivity index (χ1v) is 2.43. The molecular weight excluding hydrogens is 124 g/mol. The van der Waals surface area contributed by atoms with Crippen LogP contribution in [0.4, 0.5) is 0 Å². The van der Waals surface area contributed by atoms with Crippen LogP contribution in [0.2, 0.25) is 0 Å². The van der Waals surface area contributed by atoms with Gasteiger partial charge in [-0.05, 0) is 19.1 Å². The molecule has 2 N–H and O–H groups in total. The molecular formula is C4H6N2OS. The number of nitrogens with two attached hydrogens (primary N) is 1. The molecule has 0 rings (SSSR count). The van der Waals surface area contributed by atoms with Crippen LogP contribution in [0.15, 0.2) is 0 Å². The number of ether oxygens (including phenoxy) is 1. The first-order chi connectivity index (χ1) is 3.66. The predicted octanol–water partition coefficient (Wildman–Crippen LogP) is 0.159. The van der Waals surface area contributed by atoms with Gasteiger partial charge in [0.25, 0.3) is 5.17 Å². The summed E-state index contributed by atoms with van der Waals surface area (Å²) >= 11 is 4.34. The van der Waals surface area contributed by atoms with Crippen molar-refractivity contribution in [3.63, 3.8) is 0 Å². The van der Waals surface area contributed by atoms with E-state index in [1.165, 1.54) is 0 Å². The Kier molecular flexibility index (Phi) is 2.89. The Balaban J connectivity index is 3.43. The van der Waals surface area contributed by atoms with Crippen molar-refractivity contribution >= 4 is 17.4 Å². The summed E-state index contributed by atoms with van der Waals surface area (Å²) in [5, 5.41) is 8.01. The smallest absolute Gasteiger partial charge is 0.255 e. The summed E-state index contributed by atoms with van der Waals surface area (Å²) in [6.45, 7) is 1.57. The van der Waals surface area contributed by atoms with Gasteiger partial charge in [-0.25, -0.2) is 0 Å². The molecule has 0 saturated heterocycles. The quantitative estimate of drug-likeness (QED) is 0.513. The molecule has 0 aliphatic rings. The number of hydrogen-bond acceptors (Lipinski definition) is 3. The number of hydrogen-bond donors (Lipinski definition) is 1. The van der Waals surface area contributed by atoms with Crippen molar-refractivity contribution in [3.05, 3.63) is 0 Å². The molecule has 0 aromatic carbocycles. The Morgan fingerprint density at radius 1 is 2.00 bits per heavy atom. The molecule has 3 nitrogen and oxygen atoms in total. The average Bonchev–Trinajstić information content (AvgIpc) is 1.65. The number of thiocarbonyl (C=S) groups is 1. The van der Waals surface area contributed by atoms with Crippen molar-refractivity contribution in [1.29, 1.82) is 5.26 Å². The summed E-state index contributed by atoms with van der Waals surface area (Å²) in [6.07, 6.45) is -0.535. The van der Waals surface area contributed by atoms with Gasteiger partial charge in [0, 0.05) is 0 Å². The van der Waals surface area contributed by atoms with Crippen LogP contribution in [-0.4, -0.2) is 11.3 Å². The monoisotopic (exact) mass is 130 g/mol. The molecule has 0 saturated carbocycles. The fourth-order valence-corrected chi connectivity index (χ4v) is 0.345. The SMILES string of the molecule is CC(C#N)OC(N)=S. The standard InChI is InChI=1S/C4H6N2OS/c1-3(2-5)7-4(6)8/h3H,1H3,(H2,6,8). The van der Waals surface area contributed by atoms with Gasteiger partial charge in [-0.15, -0.1) is 0 Å². The van der Waals surface area contributed by atoms with Crippen LogP contribution in [-0.2, 0) is 4.74 Å². The van der Waals surface area contributed by atoms with Crippen molar-refractivity contribution in [2.75, 3.05) is 0 Å². The zero-order valence-electron chi connectivity index (χ0n) is 4.42. The van der Waals surface area contributed by atoms with E-state index in [1.807, 2.05) is 0 Å². The summed E-state index contributed by atoms with van der Waals surface area (Å²) in [5.74, 6) is 0. The van der Waals surface area contributed by atoms with E-state index in [0.717, 1.165) is 0 Å². The van der Waals surface area contributed by atoms with Crippen molar-refractivity contribution in [3.8, 4) is 6.07 Å². The van der Waals surface area contributed by atoms with E-state index in [0.29, 0.717) is 0 Å². The highest BCUT2D eigenvalue weighted by Gasteiger charge is 1.97. The van der Waals surface area contributed by atoms with Gasteiger partial charge in [0.05, 0.1) is 0 Å². The molecule has 0 aromatic rings. The summed E-state index contributed by atoms with van der Waals surface area (Å²) in [5.41, 5.74) is 4.93. The van der Waals surface area contributed by atoms with E-state index < -0.39 is 6.10 Å². The second-order valence-corrected chi connectivity index (χ2v) is 1.61. The van der Waals surface area contributed by atoms with Gasteiger partial charge in [0.1, 0.15) is 6.07 Å². The lowest BCUT2D eigenvalue weighted by molar-refractivity contribution is 0.266. The second-order valence-electron chi connectivity index (χ2n) is 1.21. The van der Waals surface area contributed by atoms with Crippen molar-refractivity contribution in [2.45, 2.75) is 13.0 Å². The molecule has 4 heteroatoms. The molecule has 1 unspecified atom stereocenters. The zero-order valence-corrected chi connectivity index (χ0v) is 5.23. The minimum atomic E-state index is -0.535. The number of nitrogens with zero attached hydrogens (tertiary/aromatic N) is 1.